The maximum atomic E-state index is 13.8. The predicted octanol–water partition coefficient (Wildman–Crippen LogP) is 5.20. The molecule has 0 aliphatic rings. The van der Waals surface area contributed by atoms with Crippen molar-refractivity contribution in [1.82, 2.24) is 20.1 Å². The zero-order chi connectivity index (χ0) is 30.6. The van der Waals surface area contributed by atoms with Crippen LogP contribution in [0.4, 0.5) is 24.2 Å². The Bertz CT molecular complexity index is 1390. The van der Waals surface area contributed by atoms with Crippen LogP contribution in [0.1, 0.15) is 24.8 Å². The monoisotopic (exact) mass is 605 g/mol. The Balaban J connectivity index is 1.58. The number of hydrogen-bond acceptors (Lipinski definition) is 7. The third kappa shape index (κ3) is 10.1. The SMILES string of the molecule is CN(C)CC(=O)OCCCC[C@@H](COC(=O)Nc1cc2cc(F)ccc2cn1)N(C)C(=O)NCc1cccc(F)c1Cl. The van der Waals surface area contributed by atoms with Crippen LogP contribution in [0.2, 0.25) is 5.02 Å². The number of ether oxygens (including phenoxy) is 2. The van der Waals surface area contributed by atoms with Crippen LogP contribution in [0.3, 0.4) is 0 Å². The number of esters is 1. The van der Waals surface area contributed by atoms with Gasteiger partial charge in [0.25, 0.3) is 0 Å². The molecule has 10 nitrogen and oxygen atoms in total. The lowest BCUT2D eigenvalue weighted by Gasteiger charge is -2.28. The average molecular weight is 606 g/mol. The summed E-state index contributed by atoms with van der Waals surface area (Å²) in [5.41, 5.74) is 0.410. The molecule has 0 unspecified atom stereocenters. The van der Waals surface area contributed by atoms with Gasteiger partial charge in [0.15, 0.2) is 0 Å². The topological polar surface area (TPSA) is 113 Å². The molecule has 0 saturated carbocycles. The van der Waals surface area contributed by atoms with Gasteiger partial charge in [0.05, 0.1) is 24.2 Å². The predicted molar refractivity (Wildman–Crippen MR) is 155 cm³/mol. The fourth-order valence-electron chi connectivity index (χ4n) is 4.00. The summed E-state index contributed by atoms with van der Waals surface area (Å²) in [6.45, 7) is 0.219. The molecular formula is C29H34ClF2N5O5. The van der Waals surface area contributed by atoms with Gasteiger partial charge in [-0.3, -0.25) is 15.0 Å². The molecule has 13 heteroatoms. The van der Waals surface area contributed by atoms with E-state index in [1.165, 1.54) is 41.4 Å². The van der Waals surface area contributed by atoms with Gasteiger partial charge >= 0.3 is 18.1 Å². The van der Waals surface area contributed by atoms with Crippen LogP contribution < -0.4 is 10.6 Å². The molecule has 0 aliphatic carbocycles. The summed E-state index contributed by atoms with van der Waals surface area (Å²) in [7, 11) is 5.08. The molecule has 3 aromatic rings. The Hall–Kier alpha value is -4.03. The number of carbonyl (C=O) groups excluding carboxylic acids is 3. The number of halogens is 3. The lowest BCUT2D eigenvalue weighted by atomic mass is 10.1. The number of hydrogen-bond donors (Lipinski definition) is 2. The minimum atomic E-state index is -0.804. The number of fused-ring (bicyclic) bond motifs is 1. The van der Waals surface area contributed by atoms with E-state index in [0.29, 0.717) is 35.6 Å². The molecule has 1 atom stereocenters. The number of amides is 3. The fourth-order valence-corrected chi connectivity index (χ4v) is 4.19. The molecule has 3 amide bonds. The van der Waals surface area contributed by atoms with E-state index in [1.807, 2.05) is 0 Å². The van der Waals surface area contributed by atoms with Crippen molar-refractivity contribution in [3.63, 3.8) is 0 Å². The van der Waals surface area contributed by atoms with Crippen LogP contribution in [0.5, 0.6) is 0 Å². The molecule has 0 fully saturated rings. The van der Waals surface area contributed by atoms with Gasteiger partial charge in [-0.1, -0.05) is 23.7 Å². The van der Waals surface area contributed by atoms with Crippen molar-refractivity contribution in [2.75, 3.05) is 46.2 Å². The lowest BCUT2D eigenvalue weighted by molar-refractivity contribution is -0.144. The van der Waals surface area contributed by atoms with Crippen molar-refractivity contribution in [2.45, 2.75) is 31.8 Å². The summed E-state index contributed by atoms with van der Waals surface area (Å²) < 4.78 is 38.0. The molecule has 226 valence electrons. The molecule has 42 heavy (non-hydrogen) atoms. The lowest BCUT2D eigenvalue weighted by Crippen LogP contribution is -2.46. The zero-order valence-corrected chi connectivity index (χ0v) is 24.4. The molecule has 0 aliphatic heterocycles. The maximum Gasteiger partial charge on any atom is 0.412 e. The number of carbonyl (C=O) groups is 3. The molecule has 3 rings (SSSR count). The molecule has 2 N–H and O–H groups in total. The van der Waals surface area contributed by atoms with E-state index in [9.17, 15) is 23.2 Å². The third-order valence-corrected chi connectivity index (χ3v) is 6.71. The van der Waals surface area contributed by atoms with Crippen molar-refractivity contribution in [3.8, 4) is 0 Å². The third-order valence-electron chi connectivity index (χ3n) is 6.29. The summed E-state index contributed by atoms with van der Waals surface area (Å²) in [4.78, 5) is 44.5. The number of anilines is 1. The number of aromatic nitrogens is 1. The van der Waals surface area contributed by atoms with Crippen LogP contribution in [0, 0.1) is 11.6 Å². The highest BCUT2D eigenvalue weighted by atomic mass is 35.5. The second kappa shape index (κ2) is 15.8. The maximum absolute atomic E-state index is 13.8. The molecular weight excluding hydrogens is 572 g/mol. The second-order valence-corrected chi connectivity index (χ2v) is 10.3. The largest absolute Gasteiger partial charge is 0.465 e. The van der Waals surface area contributed by atoms with Gasteiger partial charge in [-0.05, 0) is 74.6 Å². The second-order valence-electron chi connectivity index (χ2n) is 9.87. The zero-order valence-electron chi connectivity index (χ0n) is 23.7. The smallest absolute Gasteiger partial charge is 0.412 e. The molecule has 0 radical (unpaired) electrons. The van der Waals surface area contributed by atoms with Crippen molar-refractivity contribution >= 4 is 46.3 Å². The van der Waals surface area contributed by atoms with E-state index < -0.39 is 29.8 Å². The number of unbranched alkanes of at least 4 members (excludes halogenated alkanes) is 1. The number of benzene rings is 2. The fraction of sp³-hybridized carbons (Fsp3) is 0.379. The first-order valence-electron chi connectivity index (χ1n) is 13.3. The first-order chi connectivity index (χ1) is 20.0. The Morgan fingerprint density at radius 3 is 2.57 bits per heavy atom. The summed E-state index contributed by atoms with van der Waals surface area (Å²) in [6, 6.07) is 9.03. The van der Waals surface area contributed by atoms with E-state index in [4.69, 9.17) is 21.1 Å². The number of pyridine rings is 1. The summed E-state index contributed by atoms with van der Waals surface area (Å²) >= 11 is 5.99. The minimum absolute atomic E-state index is 0.0100. The number of rotatable bonds is 13. The molecule has 0 saturated heterocycles. The van der Waals surface area contributed by atoms with Gasteiger partial charge in [-0.15, -0.1) is 0 Å². The first-order valence-corrected chi connectivity index (χ1v) is 13.6. The van der Waals surface area contributed by atoms with E-state index in [1.54, 1.807) is 38.2 Å². The Labute approximate surface area is 247 Å². The molecule has 1 heterocycles. The van der Waals surface area contributed by atoms with Crippen molar-refractivity contribution < 1.29 is 32.6 Å². The standard InChI is InChI=1S/C29H34ClF2N5O5/c1-36(2)17-26(38)41-12-5-4-8-23(37(3)28(39)34-16-20-7-6-9-24(32)27(20)30)18-42-29(40)35-25-14-21-13-22(31)11-10-19(21)15-33-25/h6-7,9-11,13-15,23H,4-5,8,12,16-18H2,1-3H3,(H,34,39)(H,33,35,40)/t23-/m0/s1. The molecule has 1 aromatic heterocycles. The van der Waals surface area contributed by atoms with Crippen LogP contribution >= 0.6 is 11.6 Å². The quantitative estimate of drug-likeness (QED) is 0.203. The van der Waals surface area contributed by atoms with E-state index in [-0.39, 0.29) is 43.1 Å². The number of likely N-dealkylation sites (N-methyl/N-ethyl adjacent to an activating group) is 2. The van der Waals surface area contributed by atoms with Crippen LogP contribution in [0.15, 0.2) is 48.7 Å². The van der Waals surface area contributed by atoms with Crippen LogP contribution in [0.25, 0.3) is 10.8 Å². The van der Waals surface area contributed by atoms with Gasteiger partial charge < -0.3 is 19.7 Å². The highest BCUT2D eigenvalue weighted by Crippen LogP contribution is 2.20. The highest BCUT2D eigenvalue weighted by molar-refractivity contribution is 6.31. The number of nitrogens with zero attached hydrogens (tertiary/aromatic N) is 3. The Morgan fingerprint density at radius 2 is 1.81 bits per heavy atom. The molecule has 0 bridgehead atoms. The van der Waals surface area contributed by atoms with Crippen LogP contribution in [-0.4, -0.2) is 79.8 Å². The summed E-state index contributed by atoms with van der Waals surface area (Å²) in [5, 5.41) is 6.39. The van der Waals surface area contributed by atoms with Crippen molar-refractivity contribution in [1.29, 1.82) is 0 Å². The average Bonchev–Trinajstić information content (AvgIpc) is 2.94. The minimum Gasteiger partial charge on any atom is -0.465 e. The van der Waals surface area contributed by atoms with Crippen LogP contribution in [-0.2, 0) is 20.8 Å². The molecule has 0 spiro atoms. The first kappa shape index (κ1) is 32.5. The van der Waals surface area contributed by atoms with Gasteiger partial charge in [-0.2, -0.15) is 0 Å². The summed E-state index contributed by atoms with van der Waals surface area (Å²) in [5.74, 6) is -1.17. The Morgan fingerprint density at radius 1 is 1.02 bits per heavy atom. The van der Waals surface area contributed by atoms with Gasteiger partial charge in [0.2, 0.25) is 0 Å². The summed E-state index contributed by atoms with van der Waals surface area (Å²) in [6.07, 6.45) is 2.23. The van der Waals surface area contributed by atoms with E-state index >= 15 is 0 Å². The van der Waals surface area contributed by atoms with Crippen molar-refractivity contribution in [3.05, 3.63) is 70.9 Å². The van der Waals surface area contributed by atoms with Gasteiger partial charge in [0.1, 0.15) is 24.1 Å². The van der Waals surface area contributed by atoms with Crippen molar-refractivity contribution in [2.24, 2.45) is 0 Å². The van der Waals surface area contributed by atoms with E-state index in [0.717, 1.165) is 0 Å². The highest BCUT2D eigenvalue weighted by Gasteiger charge is 2.22. The normalized spacial score (nSPS) is 11.7. The molecule has 2 aromatic carbocycles. The number of nitrogens with one attached hydrogen (secondary N) is 2. The van der Waals surface area contributed by atoms with E-state index in [2.05, 4.69) is 15.6 Å². The number of urea groups is 1. The van der Waals surface area contributed by atoms with Gasteiger partial charge in [0, 0.05) is 25.2 Å². The Kier molecular flexibility index (Phi) is 12.2. The van der Waals surface area contributed by atoms with Gasteiger partial charge in [-0.25, -0.2) is 23.4 Å².